The van der Waals surface area contributed by atoms with Gasteiger partial charge in [0.2, 0.25) is 0 Å². The molecule has 0 N–H and O–H groups in total. The van der Waals surface area contributed by atoms with Crippen LogP contribution in [0.5, 0.6) is 0 Å². The second kappa shape index (κ2) is 13.0. The number of benzene rings is 4. The van der Waals surface area contributed by atoms with Crippen molar-refractivity contribution in [1.29, 1.82) is 0 Å². The maximum absolute atomic E-state index is 2.79. The lowest BCUT2D eigenvalue weighted by molar-refractivity contribution is 0.622. The fraction of sp³-hybridized carbons (Fsp3) is 0.375. The molecule has 0 radical (unpaired) electrons. The summed E-state index contributed by atoms with van der Waals surface area (Å²) in [6.07, 6.45) is 8.11. The molecular weight excluding hydrogens is 439 g/mol. The van der Waals surface area contributed by atoms with Crippen molar-refractivity contribution in [2.24, 2.45) is 0 Å². The first-order chi connectivity index (χ1) is 17.3. The van der Waals surface area contributed by atoms with Crippen molar-refractivity contribution in [3.8, 4) is 0 Å². The van der Waals surface area contributed by atoms with E-state index in [1.54, 1.807) is 0 Å². The standard InChI is InChI=1S/2C12H12N.C8H17.Al/c2*1-2-13-12-9-5-7-10-6-3-4-8-11(10)12;1-3-5-7-8-6-4-2;/h2*3-9H,2H2,1H3;1,3-8H2,2H3;/q2*-1;;+2. The summed E-state index contributed by atoms with van der Waals surface area (Å²) < 4.78 is 5.58. The molecule has 0 aromatic heterocycles. The number of hydrogen-bond acceptors (Lipinski definition) is 2. The van der Waals surface area contributed by atoms with Gasteiger partial charge in [-0.05, 0) is 49.8 Å². The van der Waals surface area contributed by atoms with Crippen molar-refractivity contribution in [2.45, 2.75) is 64.6 Å². The van der Waals surface area contributed by atoms with E-state index in [9.17, 15) is 0 Å². The van der Waals surface area contributed by atoms with E-state index in [1.807, 2.05) is 0 Å². The molecule has 0 bridgehead atoms. The minimum Gasteiger partial charge on any atom is -0.444 e. The smallest absolute Gasteiger partial charge is 0.444 e. The first kappa shape index (κ1) is 25.6. The van der Waals surface area contributed by atoms with Gasteiger partial charge in [-0.15, -0.1) is 0 Å². The highest BCUT2D eigenvalue weighted by molar-refractivity contribution is 6.68. The summed E-state index contributed by atoms with van der Waals surface area (Å²) in [5.41, 5.74) is 2.82. The number of hydrogen-bond donors (Lipinski definition) is 0. The Morgan fingerprint density at radius 1 is 0.514 bits per heavy atom. The summed E-state index contributed by atoms with van der Waals surface area (Å²) in [5, 5.41) is 6.74. The zero-order valence-electron chi connectivity index (χ0n) is 21.9. The van der Waals surface area contributed by atoms with E-state index >= 15 is 0 Å². The number of nitrogens with zero attached hydrogens (tertiary/aromatic N) is 2. The topological polar surface area (TPSA) is 6.48 Å². The van der Waals surface area contributed by atoms with Crippen LogP contribution < -0.4 is 7.77 Å². The quantitative estimate of drug-likeness (QED) is 0.139. The Kier molecular flexibility index (Phi) is 9.52. The lowest BCUT2D eigenvalue weighted by Crippen LogP contribution is -2.53. The van der Waals surface area contributed by atoms with E-state index in [0.717, 1.165) is 13.1 Å². The summed E-state index contributed by atoms with van der Waals surface area (Å²) in [7, 11) is 0. The van der Waals surface area contributed by atoms with Crippen molar-refractivity contribution in [3.63, 3.8) is 0 Å². The fourth-order valence-electron chi connectivity index (χ4n) is 5.59. The number of rotatable bonds is 13. The average Bonchev–Trinajstić information content (AvgIpc) is 2.91. The van der Waals surface area contributed by atoms with Crippen LogP contribution in [0.2, 0.25) is 5.28 Å². The molecule has 0 heterocycles. The first-order valence-electron chi connectivity index (χ1n) is 13.8. The van der Waals surface area contributed by atoms with Gasteiger partial charge in [0.1, 0.15) is 0 Å². The molecule has 182 valence electrons. The monoisotopic (exact) mass is 480 g/mol. The molecule has 0 spiro atoms. The molecular formula is C32H41AlN2. The van der Waals surface area contributed by atoms with Gasteiger partial charge >= 0.3 is 14.6 Å². The molecule has 4 aromatic carbocycles. The molecule has 0 saturated heterocycles. The Morgan fingerprint density at radius 2 is 0.971 bits per heavy atom. The summed E-state index contributed by atoms with van der Waals surface area (Å²) in [6, 6.07) is 31.5. The van der Waals surface area contributed by atoms with E-state index in [4.69, 9.17) is 0 Å². The van der Waals surface area contributed by atoms with Crippen LogP contribution in [0, 0.1) is 0 Å². The van der Waals surface area contributed by atoms with Gasteiger partial charge in [0, 0.05) is 22.1 Å². The SMILES string of the molecule is CCCCCCC[CH2][Al]([N](CC)c1cccc2ccccc12)[N](CC)c1cccc2ccccc12. The first-order valence-corrected chi connectivity index (χ1v) is 15.6. The number of anilines is 2. The predicted molar refractivity (Wildman–Crippen MR) is 158 cm³/mol. The third kappa shape index (κ3) is 6.03. The van der Waals surface area contributed by atoms with Gasteiger partial charge in [-0.2, -0.15) is 0 Å². The molecule has 0 aliphatic heterocycles. The van der Waals surface area contributed by atoms with Crippen LogP contribution in [0.1, 0.15) is 59.3 Å². The molecule has 0 aliphatic carbocycles. The van der Waals surface area contributed by atoms with Gasteiger partial charge in [-0.1, -0.05) is 124 Å². The maximum Gasteiger partial charge on any atom is 0.573 e. The van der Waals surface area contributed by atoms with Gasteiger partial charge < -0.3 is 7.77 Å². The molecule has 0 fully saturated rings. The summed E-state index contributed by atoms with van der Waals surface area (Å²) in [6.45, 7) is 9.08. The van der Waals surface area contributed by atoms with Crippen LogP contribution in [-0.2, 0) is 0 Å². The summed E-state index contributed by atoms with van der Waals surface area (Å²) in [5.74, 6) is 0. The van der Waals surface area contributed by atoms with E-state index in [0.29, 0.717) is 0 Å². The van der Waals surface area contributed by atoms with Crippen molar-refractivity contribution in [2.75, 3.05) is 20.9 Å². The van der Waals surface area contributed by atoms with Crippen LogP contribution in [0.3, 0.4) is 0 Å². The Balaban J connectivity index is 1.73. The van der Waals surface area contributed by atoms with Crippen molar-refractivity contribution >= 4 is 47.5 Å². The van der Waals surface area contributed by atoms with Crippen LogP contribution in [0.4, 0.5) is 11.4 Å². The number of unbranched alkanes of at least 4 members (excludes halogenated alkanes) is 5. The third-order valence-corrected chi connectivity index (χ3v) is 11.0. The normalized spacial score (nSPS) is 11.2. The molecule has 3 heteroatoms. The van der Waals surface area contributed by atoms with E-state index in [-0.39, 0.29) is 0 Å². The molecule has 4 aromatic rings. The zero-order valence-corrected chi connectivity index (χ0v) is 23.1. The highest BCUT2D eigenvalue weighted by atomic mass is 27.2. The summed E-state index contributed by atoms with van der Waals surface area (Å²) in [4.78, 5) is 0. The molecule has 35 heavy (non-hydrogen) atoms. The lowest BCUT2D eigenvalue weighted by atomic mass is 10.1. The minimum atomic E-state index is -1.52. The van der Waals surface area contributed by atoms with Crippen molar-refractivity contribution < 1.29 is 0 Å². The highest BCUT2D eigenvalue weighted by Gasteiger charge is 2.35. The molecule has 0 amide bonds. The predicted octanol–water partition coefficient (Wildman–Crippen LogP) is 9.19. The van der Waals surface area contributed by atoms with Gasteiger partial charge in [-0.25, -0.2) is 0 Å². The number of fused-ring (bicyclic) bond motifs is 2. The van der Waals surface area contributed by atoms with Gasteiger partial charge in [0.05, 0.1) is 0 Å². The molecule has 2 nitrogen and oxygen atoms in total. The van der Waals surface area contributed by atoms with E-state index < -0.39 is 14.6 Å². The second-order valence-electron chi connectivity index (χ2n) is 9.61. The van der Waals surface area contributed by atoms with E-state index in [1.165, 1.54) is 76.7 Å². The third-order valence-electron chi connectivity index (χ3n) is 7.37. The molecule has 0 unspecified atom stereocenters. The van der Waals surface area contributed by atoms with Crippen LogP contribution in [0.25, 0.3) is 21.5 Å². The van der Waals surface area contributed by atoms with Crippen molar-refractivity contribution in [3.05, 3.63) is 84.9 Å². The largest absolute Gasteiger partial charge is 0.573 e. The fourth-order valence-corrected chi connectivity index (χ4v) is 9.14. The Labute approximate surface area is 217 Å². The zero-order chi connectivity index (χ0) is 24.5. The average molecular weight is 481 g/mol. The maximum atomic E-state index is 2.79. The van der Waals surface area contributed by atoms with Gasteiger partial charge in [0.25, 0.3) is 0 Å². The van der Waals surface area contributed by atoms with Crippen molar-refractivity contribution in [1.82, 2.24) is 0 Å². The highest BCUT2D eigenvalue weighted by Crippen LogP contribution is 2.33. The van der Waals surface area contributed by atoms with Gasteiger partial charge in [0.15, 0.2) is 0 Å². The Bertz CT molecular complexity index is 1110. The minimum absolute atomic E-state index is 1.04. The second-order valence-corrected chi connectivity index (χ2v) is 12.4. The molecule has 0 atom stereocenters. The van der Waals surface area contributed by atoms with Gasteiger partial charge in [-0.3, -0.25) is 0 Å². The summed E-state index contributed by atoms with van der Waals surface area (Å²) >= 11 is -1.52. The van der Waals surface area contributed by atoms with E-state index in [2.05, 4.69) is 113 Å². The Morgan fingerprint density at radius 3 is 1.49 bits per heavy atom. The van der Waals surface area contributed by atoms with Crippen LogP contribution >= 0.6 is 0 Å². The van der Waals surface area contributed by atoms with Crippen LogP contribution in [0.15, 0.2) is 84.9 Å². The molecule has 0 aliphatic rings. The van der Waals surface area contributed by atoms with Crippen LogP contribution in [-0.4, -0.2) is 27.7 Å². The molecule has 0 saturated carbocycles. The Hall–Kier alpha value is -2.47. The lowest BCUT2D eigenvalue weighted by Gasteiger charge is -2.39. The molecule has 4 rings (SSSR count).